The first-order valence-corrected chi connectivity index (χ1v) is 14.2. The van der Waals surface area contributed by atoms with Gasteiger partial charge < -0.3 is 24.5 Å². The Balaban J connectivity index is 1.32. The summed E-state index contributed by atoms with van der Waals surface area (Å²) in [5.41, 5.74) is 11.6. The second-order valence-corrected chi connectivity index (χ2v) is 10.7. The lowest BCUT2D eigenvalue weighted by atomic mass is 10.0. The van der Waals surface area contributed by atoms with Crippen LogP contribution in [0.4, 0.5) is 5.82 Å². The molecule has 1 aliphatic rings. The number of hydrogen-bond donors (Lipinski definition) is 2. The third kappa shape index (κ3) is 4.90. The van der Waals surface area contributed by atoms with Gasteiger partial charge in [0.05, 0.1) is 36.5 Å². The fraction of sp³-hybridized carbons (Fsp3) is 0.258. The smallest absolute Gasteiger partial charge is 0.251 e. The lowest BCUT2D eigenvalue weighted by Gasteiger charge is -2.26. The molecule has 3 N–H and O–H groups in total. The Bertz CT molecular complexity index is 2010. The molecule has 7 heterocycles. The zero-order valence-electron chi connectivity index (χ0n) is 23.7. The molecule has 1 aliphatic heterocycles. The molecule has 0 aliphatic carbocycles. The second kappa shape index (κ2) is 11.0. The van der Waals surface area contributed by atoms with E-state index in [1.54, 1.807) is 22.9 Å². The maximum Gasteiger partial charge on any atom is 0.251 e. The van der Waals surface area contributed by atoms with Gasteiger partial charge in [-0.3, -0.25) is 14.7 Å². The van der Waals surface area contributed by atoms with E-state index >= 15 is 0 Å². The number of pyridine rings is 3. The van der Waals surface area contributed by atoms with Crippen LogP contribution in [0.5, 0.6) is 5.75 Å². The van der Waals surface area contributed by atoms with Crippen molar-refractivity contribution in [3.8, 4) is 28.3 Å². The topological polar surface area (TPSA) is 142 Å². The van der Waals surface area contributed by atoms with E-state index in [0.717, 1.165) is 55.2 Å². The van der Waals surface area contributed by atoms with Crippen LogP contribution in [0.25, 0.3) is 39.1 Å². The van der Waals surface area contributed by atoms with Crippen molar-refractivity contribution < 1.29 is 9.84 Å². The molecule has 6 aromatic heterocycles. The number of anilines is 1. The highest BCUT2D eigenvalue weighted by atomic mass is 16.5. The monoisotopic (exact) mass is 577 g/mol. The van der Waals surface area contributed by atoms with Crippen molar-refractivity contribution in [2.45, 2.75) is 19.5 Å². The summed E-state index contributed by atoms with van der Waals surface area (Å²) >= 11 is 0. The first-order chi connectivity index (χ1) is 21.0. The number of rotatable bonds is 7. The van der Waals surface area contributed by atoms with Crippen molar-refractivity contribution in [2.75, 3.05) is 38.6 Å². The minimum absolute atomic E-state index is 0.0179. The Hall–Kier alpha value is -5.07. The summed E-state index contributed by atoms with van der Waals surface area (Å²) in [7, 11) is 0. The highest BCUT2D eigenvalue weighted by Gasteiger charge is 2.25. The Morgan fingerprint density at radius 1 is 1.02 bits per heavy atom. The van der Waals surface area contributed by atoms with Gasteiger partial charge in [-0.15, -0.1) is 0 Å². The fourth-order valence-corrected chi connectivity index (χ4v) is 5.84. The van der Waals surface area contributed by atoms with Crippen molar-refractivity contribution in [1.29, 1.82) is 0 Å². The van der Waals surface area contributed by atoms with Gasteiger partial charge in [-0.25, -0.2) is 14.6 Å². The van der Waals surface area contributed by atoms with Gasteiger partial charge in [0, 0.05) is 73.0 Å². The van der Waals surface area contributed by atoms with E-state index in [-0.39, 0.29) is 23.2 Å². The van der Waals surface area contributed by atoms with Gasteiger partial charge >= 0.3 is 0 Å². The van der Waals surface area contributed by atoms with E-state index < -0.39 is 0 Å². The molecule has 0 amide bonds. The number of nitrogens with zero attached hydrogens (tertiary/aromatic N) is 8. The summed E-state index contributed by atoms with van der Waals surface area (Å²) in [6.45, 7) is 6.67. The van der Waals surface area contributed by atoms with Gasteiger partial charge in [0.15, 0.2) is 5.65 Å². The average Bonchev–Trinajstić information content (AvgIpc) is 3.61. The van der Waals surface area contributed by atoms with Crippen molar-refractivity contribution in [2.24, 2.45) is 0 Å². The molecular weight excluding hydrogens is 546 g/mol. The number of aromatic hydroxyl groups is 1. The second-order valence-electron chi connectivity index (χ2n) is 10.7. The molecule has 0 aromatic carbocycles. The minimum atomic E-state index is -0.311. The van der Waals surface area contributed by atoms with E-state index in [9.17, 15) is 9.90 Å². The van der Waals surface area contributed by atoms with E-state index in [1.807, 2.05) is 48.3 Å². The highest BCUT2D eigenvalue weighted by Crippen LogP contribution is 2.37. The zero-order chi connectivity index (χ0) is 29.5. The van der Waals surface area contributed by atoms with Gasteiger partial charge in [-0.05, 0) is 37.3 Å². The SMILES string of the molecule is CC(c1cc2ccccn2c1-c1ccn(CCN2CCOCC2)c(=O)c1)n1nc(-c2cncc(O)c2)c2c(N)ncnc21. The van der Waals surface area contributed by atoms with Gasteiger partial charge in [0.25, 0.3) is 5.56 Å². The summed E-state index contributed by atoms with van der Waals surface area (Å²) in [6.07, 6.45) is 8.27. The number of nitrogen functional groups attached to an aromatic ring is 1. The first kappa shape index (κ1) is 26.8. The van der Waals surface area contributed by atoms with Gasteiger partial charge in [0.1, 0.15) is 23.6 Å². The van der Waals surface area contributed by atoms with Crippen LogP contribution < -0.4 is 11.3 Å². The van der Waals surface area contributed by atoms with Crippen LogP contribution in [0.1, 0.15) is 18.5 Å². The third-order valence-electron chi connectivity index (χ3n) is 8.07. The van der Waals surface area contributed by atoms with Crippen molar-refractivity contribution in [3.63, 3.8) is 0 Å². The molecule has 0 spiro atoms. The van der Waals surface area contributed by atoms with Crippen LogP contribution in [0, 0.1) is 0 Å². The fourth-order valence-electron chi connectivity index (χ4n) is 5.84. The maximum absolute atomic E-state index is 13.3. The molecule has 0 radical (unpaired) electrons. The van der Waals surface area contributed by atoms with Crippen molar-refractivity contribution in [3.05, 3.63) is 89.5 Å². The molecule has 12 heteroatoms. The number of morpholine rings is 1. The van der Waals surface area contributed by atoms with Gasteiger partial charge in [-0.2, -0.15) is 5.10 Å². The number of nitrogens with two attached hydrogens (primary N) is 1. The Morgan fingerprint density at radius 2 is 1.88 bits per heavy atom. The van der Waals surface area contributed by atoms with E-state index in [0.29, 0.717) is 28.8 Å². The minimum Gasteiger partial charge on any atom is -0.506 e. The molecule has 1 atom stereocenters. The van der Waals surface area contributed by atoms with Crippen LogP contribution in [-0.2, 0) is 11.3 Å². The van der Waals surface area contributed by atoms with Crippen LogP contribution in [-0.4, -0.2) is 76.6 Å². The molecule has 6 aromatic rings. The summed E-state index contributed by atoms with van der Waals surface area (Å²) in [5, 5.41) is 15.6. The predicted octanol–water partition coefficient (Wildman–Crippen LogP) is 3.20. The summed E-state index contributed by atoms with van der Waals surface area (Å²) in [5.74, 6) is 0.300. The van der Waals surface area contributed by atoms with E-state index in [2.05, 4.69) is 30.3 Å². The molecule has 0 saturated carbocycles. The molecule has 12 nitrogen and oxygen atoms in total. The van der Waals surface area contributed by atoms with Crippen LogP contribution in [0.15, 0.2) is 78.4 Å². The number of hydrogen-bond acceptors (Lipinski definition) is 9. The zero-order valence-corrected chi connectivity index (χ0v) is 23.7. The molecule has 1 fully saturated rings. The van der Waals surface area contributed by atoms with Gasteiger partial charge in [0.2, 0.25) is 0 Å². The average molecular weight is 578 g/mol. The quantitative estimate of drug-likeness (QED) is 0.293. The molecule has 0 bridgehead atoms. The maximum atomic E-state index is 13.3. The molecule has 218 valence electrons. The standard InChI is InChI=1S/C31H31N9O3/c1-20(40-31-27(30(32)34-19-35-31)28(36-40)22-14-24(41)18-33-17-22)25-16-23-4-2-3-6-39(23)29(25)21-5-7-38(26(42)15-21)9-8-37-10-12-43-13-11-37/h2-7,14-20,41H,8-13H2,1H3,(H2,32,34,35). The lowest BCUT2D eigenvalue weighted by molar-refractivity contribution is 0.0363. The summed E-state index contributed by atoms with van der Waals surface area (Å²) in [4.78, 5) is 28.5. The first-order valence-electron chi connectivity index (χ1n) is 14.2. The lowest BCUT2D eigenvalue weighted by Crippen LogP contribution is -2.39. The van der Waals surface area contributed by atoms with E-state index in [1.165, 1.54) is 12.5 Å². The molecule has 7 rings (SSSR count). The molecular formula is C31H31N9O3. The highest BCUT2D eigenvalue weighted by molar-refractivity contribution is 5.98. The number of ether oxygens (including phenoxy) is 1. The summed E-state index contributed by atoms with van der Waals surface area (Å²) in [6, 6.07) is 13.1. The number of aromatic nitrogens is 7. The Kier molecular flexibility index (Phi) is 6.84. The normalized spacial score (nSPS) is 14.9. The Labute approximate surface area is 246 Å². The van der Waals surface area contributed by atoms with Crippen molar-refractivity contribution >= 4 is 22.4 Å². The Morgan fingerprint density at radius 3 is 2.70 bits per heavy atom. The van der Waals surface area contributed by atoms with Crippen LogP contribution in [0.2, 0.25) is 0 Å². The molecule has 1 saturated heterocycles. The van der Waals surface area contributed by atoms with Crippen molar-refractivity contribution in [1.82, 2.24) is 38.6 Å². The van der Waals surface area contributed by atoms with Gasteiger partial charge in [-0.1, -0.05) is 6.07 Å². The predicted molar refractivity (Wildman–Crippen MR) is 163 cm³/mol. The summed E-state index contributed by atoms with van der Waals surface area (Å²) < 4.78 is 11.1. The largest absolute Gasteiger partial charge is 0.506 e. The third-order valence-corrected chi connectivity index (χ3v) is 8.07. The molecule has 1 unspecified atom stereocenters. The number of fused-ring (bicyclic) bond motifs is 2. The van der Waals surface area contributed by atoms with Crippen LogP contribution >= 0.6 is 0 Å². The van der Waals surface area contributed by atoms with E-state index in [4.69, 9.17) is 15.6 Å². The molecule has 43 heavy (non-hydrogen) atoms. The van der Waals surface area contributed by atoms with Crippen LogP contribution in [0.3, 0.4) is 0 Å².